The molecule has 0 aliphatic rings. The minimum Gasteiger partial charge on any atom is -0.508 e. The van der Waals surface area contributed by atoms with Crippen LogP contribution in [0.5, 0.6) is 11.5 Å². The van der Waals surface area contributed by atoms with Crippen molar-refractivity contribution in [1.82, 2.24) is 5.32 Å². The van der Waals surface area contributed by atoms with E-state index in [0.717, 1.165) is 41.0 Å². The molecule has 2 N–H and O–H groups in total. The minimum atomic E-state index is 0.250. The van der Waals surface area contributed by atoms with Crippen LogP contribution in [-0.4, -0.2) is 31.2 Å². The normalized spacial score (nSPS) is 11.8. The molecule has 3 rings (SSSR count). The highest BCUT2D eigenvalue weighted by Gasteiger charge is 2.14. The first kappa shape index (κ1) is 21.0. The predicted molar refractivity (Wildman–Crippen MR) is 122 cm³/mol. The maximum atomic E-state index is 9.75. The summed E-state index contributed by atoms with van der Waals surface area (Å²) in [6.45, 7) is 1.42. The SMILES string of the molecule is CNCCOc1ccc(C(=C(CCCl)c2ccccc2)c2ccc(O)cc2)cc1. The topological polar surface area (TPSA) is 41.5 Å². The molecule has 0 fully saturated rings. The van der Waals surface area contributed by atoms with Crippen LogP contribution in [-0.2, 0) is 0 Å². The molecule has 0 saturated carbocycles. The zero-order valence-corrected chi connectivity index (χ0v) is 17.3. The second kappa shape index (κ2) is 10.7. The molecule has 0 bridgehead atoms. The Kier molecular flexibility index (Phi) is 7.74. The van der Waals surface area contributed by atoms with Crippen LogP contribution in [0.4, 0.5) is 0 Å². The largest absolute Gasteiger partial charge is 0.508 e. The van der Waals surface area contributed by atoms with Crippen molar-refractivity contribution in [2.45, 2.75) is 6.42 Å². The van der Waals surface area contributed by atoms with Crippen molar-refractivity contribution in [3.63, 3.8) is 0 Å². The third-order valence-electron chi connectivity index (χ3n) is 4.69. The summed E-state index contributed by atoms with van der Waals surface area (Å²) in [6, 6.07) is 25.8. The first-order valence-electron chi connectivity index (χ1n) is 9.74. The molecule has 0 aliphatic heterocycles. The molecule has 0 atom stereocenters. The monoisotopic (exact) mass is 407 g/mol. The van der Waals surface area contributed by atoms with E-state index in [1.165, 1.54) is 5.57 Å². The van der Waals surface area contributed by atoms with Crippen LogP contribution in [0.25, 0.3) is 11.1 Å². The van der Waals surface area contributed by atoms with Gasteiger partial charge in [-0.1, -0.05) is 54.6 Å². The average molecular weight is 408 g/mol. The van der Waals surface area contributed by atoms with Gasteiger partial charge in [-0.2, -0.15) is 0 Å². The Morgan fingerprint density at radius 1 is 0.862 bits per heavy atom. The quantitative estimate of drug-likeness (QED) is 0.276. The smallest absolute Gasteiger partial charge is 0.119 e. The van der Waals surface area contributed by atoms with E-state index >= 15 is 0 Å². The summed E-state index contributed by atoms with van der Waals surface area (Å²) >= 11 is 6.19. The number of ether oxygens (including phenoxy) is 1. The molecule has 0 unspecified atom stereocenters. The molecule has 150 valence electrons. The number of allylic oxidation sites excluding steroid dienone is 1. The van der Waals surface area contributed by atoms with Gasteiger partial charge in [-0.15, -0.1) is 11.6 Å². The lowest BCUT2D eigenvalue weighted by atomic mass is 9.88. The Morgan fingerprint density at radius 2 is 1.48 bits per heavy atom. The van der Waals surface area contributed by atoms with Crippen LogP contribution >= 0.6 is 11.6 Å². The summed E-state index contributed by atoms with van der Waals surface area (Å²) in [4.78, 5) is 0. The molecule has 3 aromatic carbocycles. The number of nitrogens with one attached hydrogen (secondary N) is 1. The van der Waals surface area contributed by atoms with E-state index in [4.69, 9.17) is 16.3 Å². The van der Waals surface area contributed by atoms with Crippen LogP contribution in [0.3, 0.4) is 0 Å². The first-order chi connectivity index (χ1) is 14.2. The Balaban J connectivity index is 2.09. The fraction of sp³-hybridized carbons (Fsp3) is 0.200. The third-order valence-corrected chi connectivity index (χ3v) is 4.88. The minimum absolute atomic E-state index is 0.250. The molecule has 0 saturated heterocycles. The molecule has 3 nitrogen and oxygen atoms in total. The van der Waals surface area contributed by atoms with Gasteiger partial charge in [0.1, 0.15) is 18.1 Å². The second-order valence-electron chi connectivity index (χ2n) is 6.68. The lowest BCUT2D eigenvalue weighted by Gasteiger charge is -2.17. The van der Waals surface area contributed by atoms with Crippen LogP contribution in [0.15, 0.2) is 78.9 Å². The highest BCUT2D eigenvalue weighted by molar-refractivity contribution is 6.18. The molecular formula is C25H26ClNO2. The zero-order valence-electron chi connectivity index (χ0n) is 16.6. The number of halogens is 1. The predicted octanol–water partition coefficient (Wildman–Crippen LogP) is 5.58. The average Bonchev–Trinajstić information content (AvgIpc) is 2.76. The molecular weight excluding hydrogens is 382 g/mol. The van der Waals surface area contributed by atoms with Gasteiger partial charge in [0.15, 0.2) is 0 Å². The number of benzene rings is 3. The Morgan fingerprint density at radius 3 is 2.07 bits per heavy atom. The van der Waals surface area contributed by atoms with Crippen molar-refractivity contribution in [1.29, 1.82) is 0 Å². The van der Waals surface area contributed by atoms with E-state index in [0.29, 0.717) is 12.5 Å². The first-order valence-corrected chi connectivity index (χ1v) is 10.3. The van der Waals surface area contributed by atoms with Crippen molar-refractivity contribution in [3.05, 3.63) is 95.6 Å². The summed E-state index contributed by atoms with van der Waals surface area (Å²) in [7, 11) is 1.91. The van der Waals surface area contributed by atoms with Crippen LogP contribution < -0.4 is 10.1 Å². The fourth-order valence-corrected chi connectivity index (χ4v) is 3.47. The lowest BCUT2D eigenvalue weighted by Crippen LogP contribution is -2.15. The highest BCUT2D eigenvalue weighted by Crippen LogP contribution is 2.35. The molecule has 0 radical (unpaired) electrons. The number of aromatic hydroxyl groups is 1. The van der Waals surface area contributed by atoms with Crippen LogP contribution in [0.1, 0.15) is 23.1 Å². The summed E-state index contributed by atoms with van der Waals surface area (Å²) in [5.41, 5.74) is 5.55. The van der Waals surface area contributed by atoms with Gasteiger partial charge < -0.3 is 15.2 Å². The number of hydrogen-bond acceptors (Lipinski definition) is 3. The van der Waals surface area contributed by atoms with E-state index in [1.54, 1.807) is 12.1 Å². The zero-order chi connectivity index (χ0) is 20.5. The fourth-order valence-electron chi connectivity index (χ4n) is 3.28. The number of rotatable bonds is 9. The van der Waals surface area contributed by atoms with Crippen LogP contribution in [0.2, 0.25) is 0 Å². The third kappa shape index (κ3) is 5.63. The summed E-state index contributed by atoms with van der Waals surface area (Å²) in [6.07, 6.45) is 0.738. The number of alkyl halides is 1. The van der Waals surface area contributed by atoms with Crippen molar-refractivity contribution in [3.8, 4) is 11.5 Å². The van der Waals surface area contributed by atoms with E-state index < -0.39 is 0 Å². The molecule has 0 spiro atoms. The Bertz CT molecular complexity index is 919. The van der Waals surface area contributed by atoms with Crippen LogP contribution in [0, 0.1) is 0 Å². The summed E-state index contributed by atoms with van der Waals surface area (Å²) in [5.74, 6) is 1.62. The van der Waals surface area contributed by atoms with Gasteiger partial charge in [0.05, 0.1) is 0 Å². The number of phenolic OH excluding ortho intramolecular Hbond substituents is 1. The number of hydrogen-bond donors (Lipinski definition) is 2. The van der Waals surface area contributed by atoms with Gasteiger partial charge in [-0.3, -0.25) is 0 Å². The molecule has 0 amide bonds. The molecule has 4 heteroatoms. The van der Waals surface area contributed by atoms with Gasteiger partial charge in [0.25, 0.3) is 0 Å². The van der Waals surface area contributed by atoms with E-state index in [-0.39, 0.29) is 5.75 Å². The van der Waals surface area contributed by atoms with Gasteiger partial charge in [0.2, 0.25) is 0 Å². The van der Waals surface area contributed by atoms with Gasteiger partial charge in [-0.05, 0) is 65.6 Å². The molecule has 3 aromatic rings. The summed E-state index contributed by atoms with van der Waals surface area (Å²) in [5, 5.41) is 12.8. The molecule has 0 heterocycles. The molecule has 0 aliphatic carbocycles. The highest BCUT2D eigenvalue weighted by atomic mass is 35.5. The number of likely N-dealkylation sites (N-methyl/N-ethyl adjacent to an activating group) is 1. The van der Waals surface area contributed by atoms with E-state index in [2.05, 4.69) is 29.6 Å². The Labute approximate surface area is 177 Å². The van der Waals surface area contributed by atoms with Crippen molar-refractivity contribution in [2.24, 2.45) is 0 Å². The number of phenols is 1. The van der Waals surface area contributed by atoms with Gasteiger partial charge >= 0.3 is 0 Å². The van der Waals surface area contributed by atoms with Crippen molar-refractivity contribution in [2.75, 3.05) is 26.1 Å². The van der Waals surface area contributed by atoms with E-state index in [9.17, 15) is 5.11 Å². The van der Waals surface area contributed by atoms with Gasteiger partial charge in [0, 0.05) is 12.4 Å². The maximum absolute atomic E-state index is 9.75. The maximum Gasteiger partial charge on any atom is 0.119 e. The van der Waals surface area contributed by atoms with E-state index in [1.807, 2.05) is 49.5 Å². The molecule has 29 heavy (non-hydrogen) atoms. The van der Waals surface area contributed by atoms with Crippen molar-refractivity contribution >= 4 is 22.7 Å². The standard InChI is InChI=1S/C25H26ClNO2/c1-27-17-18-29-23-13-9-21(10-14-23)25(20-7-11-22(28)12-8-20)24(15-16-26)19-5-3-2-4-6-19/h2-14,27-28H,15-18H2,1H3. The molecule has 0 aromatic heterocycles. The van der Waals surface area contributed by atoms with Gasteiger partial charge in [-0.25, -0.2) is 0 Å². The van der Waals surface area contributed by atoms with Crippen molar-refractivity contribution < 1.29 is 9.84 Å². The lowest BCUT2D eigenvalue weighted by molar-refractivity contribution is 0.318. The summed E-state index contributed by atoms with van der Waals surface area (Å²) < 4.78 is 5.76. The Hall–Kier alpha value is -2.75. The second-order valence-corrected chi connectivity index (χ2v) is 7.06.